The third-order valence-corrected chi connectivity index (χ3v) is 4.63. The molecule has 4 nitrogen and oxygen atoms in total. The van der Waals surface area contributed by atoms with Crippen molar-refractivity contribution in [3.8, 4) is 0 Å². The molecular weight excluding hydrogens is 458 g/mol. The first-order valence-corrected chi connectivity index (χ1v) is 9.23. The summed E-state index contributed by atoms with van der Waals surface area (Å²) in [6.07, 6.45) is 10.9. The van der Waals surface area contributed by atoms with Crippen LogP contribution in [0.4, 0.5) is 0 Å². The van der Waals surface area contributed by atoms with Crippen LogP contribution in [0.2, 0.25) is 0 Å². The topological polar surface area (TPSA) is 57.5 Å². The molecule has 0 aliphatic heterocycles. The first kappa shape index (κ1) is 23.8. The molecule has 0 amide bonds. The molecular formula is C15H31NO3SW. The van der Waals surface area contributed by atoms with E-state index in [1.54, 1.807) is 0 Å². The molecule has 0 aromatic rings. The van der Waals surface area contributed by atoms with E-state index in [0.29, 0.717) is 6.61 Å². The summed E-state index contributed by atoms with van der Waals surface area (Å²) in [5.41, 5.74) is 0. The van der Waals surface area contributed by atoms with Crippen molar-refractivity contribution in [1.82, 2.24) is 0 Å². The van der Waals surface area contributed by atoms with Crippen LogP contribution in [0.5, 0.6) is 0 Å². The third kappa shape index (κ3) is 12.8. The predicted octanol–water partition coefficient (Wildman–Crippen LogP) is 3.78. The van der Waals surface area contributed by atoms with Gasteiger partial charge in [0.25, 0.3) is 10.1 Å². The SMILES string of the molecule is C[N-]CCC1CCC(CCCCOS(C)(=O)=O)CC1.[CH3-].[W+2]. The molecule has 0 unspecified atom stereocenters. The van der Waals surface area contributed by atoms with Crippen LogP contribution >= 0.6 is 0 Å². The van der Waals surface area contributed by atoms with Crippen LogP contribution < -0.4 is 0 Å². The first-order valence-electron chi connectivity index (χ1n) is 7.41. The van der Waals surface area contributed by atoms with Crippen molar-refractivity contribution in [2.75, 3.05) is 26.5 Å². The number of hydrogen-bond acceptors (Lipinski definition) is 3. The Hall–Kier alpha value is 0.558. The van der Waals surface area contributed by atoms with Crippen LogP contribution in [0.15, 0.2) is 0 Å². The summed E-state index contributed by atoms with van der Waals surface area (Å²) in [4.78, 5) is 0. The molecule has 1 aliphatic rings. The molecule has 0 aromatic heterocycles. The first-order chi connectivity index (χ1) is 9.01. The minimum Gasteiger partial charge on any atom is -0.665 e. The molecule has 0 N–H and O–H groups in total. The average Bonchev–Trinajstić information content (AvgIpc) is 2.36. The monoisotopic (exact) mass is 489 g/mol. The molecule has 21 heavy (non-hydrogen) atoms. The van der Waals surface area contributed by atoms with E-state index in [1.807, 2.05) is 7.05 Å². The molecule has 0 aromatic carbocycles. The minimum atomic E-state index is -3.25. The average molecular weight is 489 g/mol. The smallest absolute Gasteiger partial charge is 0.665 e. The van der Waals surface area contributed by atoms with Crippen molar-refractivity contribution < 1.29 is 33.7 Å². The summed E-state index contributed by atoms with van der Waals surface area (Å²) in [6.45, 7) is 1.35. The van der Waals surface area contributed by atoms with Gasteiger partial charge in [0.05, 0.1) is 12.9 Å². The van der Waals surface area contributed by atoms with Gasteiger partial charge >= 0.3 is 21.1 Å². The predicted molar refractivity (Wildman–Crippen MR) is 85.3 cm³/mol. The van der Waals surface area contributed by atoms with Gasteiger partial charge in [-0.1, -0.05) is 44.9 Å². The summed E-state index contributed by atoms with van der Waals surface area (Å²) < 4.78 is 26.3. The van der Waals surface area contributed by atoms with Gasteiger partial charge in [0.2, 0.25) is 0 Å². The number of unbranched alkanes of at least 4 members (excludes halogenated alkanes) is 1. The van der Waals surface area contributed by atoms with Gasteiger partial charge in [-0.3, -0.25) is 4.18 Å². The normalized spacial score (nSPS) is 22.2. The number of hydrogen-bond donors (Lipinski definition) is 0. The van der Waals surface area contributed by atoms with Crippen molar-refractivity contribution in [2.45, 2.75) is 51.4 Å². The van der Waals surface area contributed by atoms with Crippen molar-refractivity contribution in [2.24, 2.45) is 11.8 Å². The third-order valence-electron chi connectivity index (χ3n) is 4.03. The Balaban J connectivity index is 0. The summed E-state index contributed by atoms with van der Waals surface area (Å²) in [6, 6.07) is 0. The molecule has 0 heterocycles. The quantitative estimate of drug-likeness (QED) is 0.282. The molecule has 0 saturated heterocycles. The molecule has 126 valence electrons. The summed E-state index contributed by atoms with van der Waals surface area (Å²) in [5, 5.41) is 4.18. The van der Waals surface area contributed by atoms with Crippen LogP contribution in [-0.2, 0) is 35.4 Å². The second-order valence-electron chi connectivity index (χ2n) is 5.74. The van der Waals surface area contributed by atoms with Gasteiger partial charge in [-0.15, -0.1) is 6.54 Å². The Kier molecular flexibility index (Phi) is 14.8. The van der Waals surface area contributed by atoms with E-state index in [9.17, 15) is 8.42 Å². The Bertz CT molecular complexity index is 328. The van der Waals surface area contributed by atoms with Gasteiger partial charge in [-0.25, -0.2) is 0 Å². The zero-order valence-electron chi connectivity index (χ0n) is 13.7. The Morgan fingerprint density at radius 3 is 2.05 bits per heavy atom. The zero-order valence-corrected chi connectivity index (χ0v) is 17.5. The van der Waals surface area contributed by atoms with Crippen LogP contribution in [0.1, 0.15) is 51.4 Å². The fraction of sp³-hybridized carbons (Fsp3) is 0.933. The molecule has 1 saturated carbocycles. The number of nitrogens with zero attached hydrogens (tertiary/aromatic N) is 1. The minimum absolute atomic E-state index is 0. The van der Waals surface area contributed by atoms with E-state index < -0.39 is 10.1 Å². The molecule has 1 fully saturated rings. The largest absolute Gasteiger partial charge is 2.00 e. The second-order valence-corrected chi connectivity index (χ2v) is 7.38. The van der Waals surface area contributed by atoms with E-state index in [4.69, 9.17) is 4.18 Å². The van der Waals surface area contributed by atoms with E-state index in [0.717, 1.165) is 37.5 Å². The van der Waals surface area contributed by atoms with Gasteiger partial charge in [-0.05, 0) is 18.3 Å². The molecule has 0 bridgehead atoms. The van der Waals surface area contributed by atoms with Crippen LogP contribution in [0, 0.1) is 19.3 Å². The maximum absolute atomic E-state index is 10.8. The summed E-state index contributed by atoms with van der Waals surface area (Å²) in [5.74, 6) is 1.72. The maximum atomic E-state index is 10.8. The Labute approximate surface area is 146 Å². The van der Waals surface area contributed by atoms with Gasteiger partial charge in [0.1, 0.15) is 0 Å². The molecule has 1 rings (SSSR count). The van der Waals surface area contributed by atoms with Crippen LogP contribution in [-0.4, -0.2) is 34.9 Å². The fourth-order valence-corrected chi connectivity index (χ4v) is 3.29. The van der Waals surface area contributed by atoms with Crippen LogP contribution in [0.3, 0.4) is 0 Å². The van der Waals surface area contributed by atoms with Crippen molar-refractivity contribution in [1.29, 1.82) is 0 Å². The van der Waals surface area contributed by atoms with Crippen molar-refractivity contribution in [3.63, 3.8) is 0 Å². The maximum Gasteiger partial charge on any atom is 2.00 e. The fourth-order valence-electron chi connectivity index (χ4n) is 2.87. The molecule has 1 aliphatic carbocycles. The van der Waals surface area contributed by atoms with Gasteiger partial charge in [0.15, 0.2) is 0 Å². The standard InChI is InChI=1S/C14H28NO3S.CH3.W/c1-15-11-10-14-8-6-13(7-9-14)5-3-4-12-18-19(2,16)17;;/h13-14H,3-12H2,1-2H3;1H3;/q2*-1;+2. The van der Waals surface area contributed by atoms with E-state index in [-0.39, 0.29) is 28.5 Å². The molecule has 0 spiro atoms. The number of rotatable bonds is 9. The summed E-state index contributed by atoms with van der Waals surface area (Å²) in [7, 11) is -1.36. The van der Waals surface area contributed by atoms with E-state index in [1.165, 1.54) is 38.5 Å². The van der Waals surface area contributed by atoms with Gasteiger partial charge in [0, 0.05) is 0 Å². The van der Waals surface area contributed by atoms with Gasteiger partial charge in [-0.2, -0.15) is 15.5 Å². The Morgan fingerprint density at radius 1 is 1.05 bits per heavy atom. The molecule has 0 atom stereocenters. The van der Waals surface area contributed by atoms with Crippen molar-refractivity contribution >= 4 is 10.1 Å². The van der Waals surface area contributed by atoms with Crippen molar-refractivity contribution in [3.05, 3.63) is 12.7 Å². The molecule has 6 heteroatoms. The van der Waals surface area contributed by atoms with Crippen LogP contribution in [0.25, 0.3) is 5.32 Å². The Morgan fingerprint density at radius 2 is 1.57 bits per heavy atom. The second kappa shape index (κ2) is 13.0. The summed E-state index contributed by atoms with van der Waals surface area (Å²) >= 11 is 0. The van der Waals surface area contributed by atoms with E-state index >= 15 is 0 Å². The van der Waals surface area contributed by atoms with Gasteiger partial charge < -0.3 is 12.7 Å². The molecule has 0 radical (unpaired) electrons. The van der Waals surface area contributed by atoms with E-state index in [2.05, 4.69) is 5.32 Å². The zero-order chi connectivity index (χ0) is 14.1.